The number of carbonyl (C=O) groups excluding carboxylic acids is 3. The van der Waals surface area contributed by atoms with Gasteiger partial charge in [0, 0.05) is 31.3 Å². The van der Waals surface area contributed by atoms with Gasteiger partial charge in [0.15, 0.2) is 0 Å². The highest BCUT2D eigenvalue weighted by Crippen LogP contribution is 2.28. The second-order valence-electron chi connectivity index (χ2n) is 6.68. The highest BCUT2D eigenvalue weighted by molar-refractivity contribution is 6.05. The molecular formula is C19H19N5O3. The van der Waals surface area contributed by atoms with Crippen molar-refractivity contribution in [2.45, 2.75) is 32.0 Å². The molecule has 138 valence electrons. The van der Waals surface area contributed by atoms with Crippen LogP contribution < -0.4 is 16.4 Å². The lowest BCUT2D eigenvalue weighted by atomic mass is 10.0. The number of aromatic nitrogens is 1. The van der Waals surface area contributed by atoms with E-state index in [9.17, 15) is 14.4 Å². The van der Waals surface area contributed by atoms with E-state index in [-0.39, 0.29) is 18.2 Å². The van der Waals surface area contributed by atoms with Crippen molar-refractivity contribution in [1.29, 1.82) is 0 Å². The maximum atomic E-state index is 12.8. The number of nitrogens with two attached hydrogens (primary N) is 1. The van der Waals surface area contributed by atoms with Crippen LogP contribution in [0.5, 0.6) is 0 Å². The number of carbonyl (C=O) groups is 3. The lowest BCUT2D eigenvalue weighted by Gasteiger charge is -2.29. The van der Waals surface area contributed by atoms with Crippen molar-refractivity contribution in [2.24, 2.45) is 0 Å². The van der Waals surface area contributed by atoms with E-state index in [2.05, 4.69) is 15.6 Å². The molecule has 1 unspecified atom stereocenters. The number of rotatable bonds is 4. The number of fused-ring (bicyclic) bond motifs is 1. The third kappa shape index (κ3) is 3.21. The van der Waals surface area contributed by atoms with Gasteiger partial charge in [-0.05, 0) is 35.7 Å². The standard InChI is InChI=1S/C19H19N5O3/c20-17-14(2-1-7-21-17)22-9-11-3-4-12-10-24(19(27)13(12)8-11)15-5-6-16(25)23-18(15)26/h1-4,7-8,15,22H,5-6,9-10H2,(H2,20,21)(H,23,25,26). The van der Waals surface area contributed by atoms with Gasteiger partial charge in [-0.15, -0.1) is 0 Å². The van der Waals surface area contributed by atoms with Crippen LogP contribution in [0, 0.1) is 0 Å². The molecule has 1 aromatic heterocycles. The van der Waals surface area contributed by atoms with Crippen LogP contribution in [0.25, 0.3) is 0 Å². The number of benzene rings is 1. The van der Waals surface area contributed by atoms with Gasteiger partial charge in [0.2, 0.25) is 11.8 Å². The third-order valence-corrected chi connectivity index (χ3v) is 4.91. The summed E-state index contributed by atoms with van der Waals surface area (Å²) < 4.78 is 0. The average molecular weight is 365 g/mol. The number of nitrogens with zero attached hydrogens (tertiary/aromatic N) is 2. The van der Waals surface area contributed by atoms with Crippen LogP contribution in [0.1, 0.15) is 34.3 Å². The van der Waals surface area contributed by atoms with Gasteiger partial charge in [0.1, 0.15) is 11.9 Å². The molecule has 2 aromatic rings. The minimum absolute atomic E-state index is 0.178. The molecule has 2 aliphatic heterocycles. The van der Waals surface area contributed by atoms with E-state index in [1.54, 1.807) is 17.2 Å². The van der Waals surface area contributed by atoms with Crippen LogP contribution in [0.2, 0.25) is 0 Å². The molecule has 4 N–H and O–H groups in total. The fourth-order valence-corrected chi connectivity index (χ4v) is 3.48. The largest absolute Gasteiger partial charge is 0.382 e. The number of piperidine rings is 1. The smallest absolute Gasteiger partial charge is 0.255 e. The van der Waals surface area contributed by atoms with E-state index in [0.717, 1.165) is 16.8 Å². The summed E-state index contributed by atoms with van der Waals surface area (Å²) in [5, 5.41) is 5.52. The first-order valence-corrected chi connectivity index (χ1v) is 8.74. The number of nitrogens with one attached hydrogen (secondary N) is 2. The summed E-state index contributed by atoms with van der Waals surface area (Å²) in [6.45, 7) is 0.874. The maximum absolute atomic E-state index is 12.8. The first-order valence-electron chi connectivity index (χ1n) is 8.74. The third-order valence-electron chi connectivity index (χ3n) is 4.91. The van der Waals surface area contributed by atoms with E-state index in [0.29, 0.717) is 30.9 Å². The Hall–Kier alpha value is -3.42. The van der Waals surface area contributed by atoms with Crippen molar-refractivity contribution in [3.8, 4) is 0 Å². The molecule has 8 heteroatoms. The Balaban J connectivity index is 1.49. The Kier molecular flexibility index (Phi) is 4.23. The monoisotopic (exact) mass is 365 g/mol. The molecule has 3 heterocycles. The molecular weight excluding hydrogens is 346 g/mol. The van der Waals surface area contributed by atoms with Crippen molar-refractivity contribution in [2.75, 3.05) is 11.1 Å². The maximum Gasteiger partial charge on any atom is 0.255 e. The topological polar surface area (TPSA) is 117 Å². The zero-order valence-electron chi connectivity index (χ0n) is 14.6. The summed E-state index contributed by atoms with van der Waals surface area (Å²) in [5.74, 6) is -0.453. The first-order chi connectivity index (χ1) is 13.0. The second kappa shape index (κ2) is 6.71. The molecule has 0 saturated carbocycles. The minimum Gasteiger partial charge on any atom is -0.382 e. The van der Waals surface area contributed by atoms with Crippen molar-refractivity contribution >= 4 is 29.2 Å². The van der Waals surface area contributed by atoms with Gasteiger partial charge in [-0.25, -0.2) is 4.98 Å². The highest BCUT2D eigenvalue weighted by Gasteiger charge is 2.39. The summed E-state index contributed by atoms with van der Waals surface area (Å²) in [4.78, 5) is 41.8. The van der Waals surface area contributed by atoms with Crippen molar-refractivity contribution < 1.29 is 14.4 Å². The fourth-order valence-electron chi connectivity index (χ4n) is 3.48. The quantitative estimate of drug-likeness (QED) is 0.697. The molecule has 1 atom stereocenters. The predicted molar refractivity (Wildman–Crippen MR) is 98.5 cm³/mol. The number of anilines is 2. The number of amides is 3. The summed E-state index contributed by atoms with van der Waals surface area (Å²) in [5.41, 5.74) is 8.96. The molecule has 4 rings (SSSR count). The Morgan fingerprint density at radius 2 is 2.11 bits per heavy atom. The summed E-state index contributed by atoms with van der Waals surface area (Å²) >= 11 is 0. The molecule has 3 amide bonds. The first kappa shape index (κ1) is 17.0. The Morgan fingerprint density at radius 1 is 1.26 bits per heavy atom. The predicted octanol–water partition coefficient (Wildman–Crippen LogP) is 1.04. The number of pyridine rings is 1. The molecule has 2 aliphatic rings. The lowest BCUT2D eigenvalue weighted by molar-refractivity contribution is -0.136. The van der Waals surface area contributed by atoms with Gasteiger partial charge in [-0.3, -0.25) is 19.7 Å². The van der Waals surface area contributed by atoms with Crippen LogP contribution in [0.3, 0.4) is 0 Å². The van der Waals surface area contributed by atoms with Gasteiger partial charge in [-0.1, -0.05) is 12.1 Å². The minimum atomic E-state index is -0.598. The Bertz CT molecular complexity index is 943. The molecule has 0 aliphatic carbocycles. The van der Waals surface area contributed by atoms with Gasteiger partial charge >= 0.3 is 0 Å². The van der Waals surface area contributed by atoms with E-state index >= 15 is 0 Å². The molecule has 1 saturated heterocycles. The van der Waals surface area contributed by atoms with E-state index in [1.165, 1.54) is 0 Å². The lowest BCUT2D eigenvalue weighted by Crippen LogP contribution is -2.52. The normalized spacial score (nSPS) is 19.0. The molecule has 27 heavy (non-hydrogen) atoms. The molecule has 1 fully saturated rings. The van der Waals surface area contributed by atoms with Crippen LogP contribution in [0.15, 0.2) is 36.5 Å². The van der Waals surface area contributed by atoms with Crippen LogP contribution >= 0.6 is 0 Å². The molecule has 0 radical (unpaired) electrons. The van der Waals surface area contributed by atoms with Gasteiger partial charge in [0.05, 0.1) is 5.69 Å². The summed E-state index contributed by atoms with van der Waals surface area (Å²) in [6, 6.07) is 8.72. The van der Waals surface area contributed by atoms with Gasteiger partial charge in [0.25, 0.3) is 5.91 Å². The summed E-state index contributed by atoms with van der Waals surface area (Å²) in [7, 11) is 0. The second-order valence-corrected chi connectivity index (χ2v) is 6.68. The number of imide groups is 1. The van der Waals surface area contributed by atoms with E-state index in [4.69, 9.17) is 5.73 Å². The number of hydrogen-bond donors (Lipinski definition) is 3. The van der Waals surface area contributed by atoms with E-state index < -0.39 is 11.9 Å². The van der Waals surface area contributed by atoms with E-state index in [1.807, 2.05) is 24.3 Å². The Morgan fingerprint density at radius 3 is 2.89 bits per heavy atom. The average Bonchev–Trinajstić information content (AvgIpc) is 2.97. The van der Waals surface area contributed by atoms with Crippen molar-refractivity contribution in [3.05, 3.63) is 53.2 Å². The van der Waals surface area contributed by atoms with Crippen LogP contribution in [-0.4, -0.2) is 33.6 Å². The van der Waals surface area contributed by atoms with Crippen LogP contribution in [-0.2, 0) is 22.7 Å². The number of nitrogen functional groups attached to an aromatic ring is 1. The molecule has 0 spiro atoms. The highest BCUT2D eigenvalue weighted by atomic mass is 16.2. The molecule has 0 bridgehead atoms. The SMILES string of the molecule is Nc1ncccc1NCc1ccc2c(c1)C(=O)N(C1CCC(=O)NC1=O)C2. The van der Waals surface area contributed by atoms with Crippen LogP contribution in [0.4, 0.5) is 11.5 Å². The molecule has 8 nitrogen and oxygen atoms in total. The Labute approximate surface area is 155 Å². The zero-order chi connectivity index (χ0) is 19.0. The number of hydrogen-bond acceptors (Lipinski definition) is 6. The summed E-state index contributed by atoms with van der Waals surface area (Å²) in [6.07, 6.45) is 2.23. The van der Waals surface area contributed by atoms with Gasteiger partial charge < -0.3 is 16.0 Å². The van der Waals surface area contributed by atoms with Crippen molar-refractivity contribution in [3.63, 3.8) is 0 Å². The van der Waals surface area contributed by atoms with Gasteiger partial charge in [-0.2, -0.15) is 0 Å². The molecule has 1 aromatic carbocycles. The zero-order valence-corrected chi connectivity index (χ0v) is 14.6. The van der Waals surface area contributed by atoms with Crippen molar-refractivity contribution in [1.82, 2.24) is 15.2 Å². The fraction of sp³-hybridized carbons (Fsp3) is 0.263.